The summed E-state index contributed by atoms with van der Waals surface area (Å²) in [5, 5.41) is 3.02. The fourth-order valence-electron chi connectivity index (χ4n) is 1.32. The van der Waals surface area contributed by atoms with E-state index < -0.39 is 11.6 Å². The Labute approximate surface area is 88.5 Å². The molecule has 0 amide bonds. The van der Waals surface area contributed by atoms with Crippen molar-refractivity contribution in [2.24, 2.45) is 5.73 Å². The number of hydrogen-bond acceptors (Lipinski definition) is 2. The molecule has 0 saturated carbocycles. The maximum Gasteiger partial charge on any atom is 0.128 e. The lowest BCUT2D eigenvalue weighted by Crippen LogP contribution is -2.15. The van der Waals surface area contributed by atoms with Gasteiger partial charge in [-0.05, 0) is 25.1 Å². The third kappa shape index (κ3) is 3.25. The Kier molecular flexibility index (Phi) is 4.65. The lowest BCUT2D eigenvalue weighted by Gasteiger charge is -2.07. The van der Waals surface area contributed by atoms with Crippen LogP contribution in [0.15, 0.2) is 12.1 Å². The minimum atomic E-state index is -0.438. The van der Waals surface area contributed by atoms with E-state index in [0.29, 0.717) is 12.1 Å². The molecule has 0 radical (unpaired) electrons. The molecular weight excluding hydrogens is 198 g/mol. The number of halogens is 2. The summed E-state index contributed by atoms with van der Waals surface area (Å²) < 4.78 is 26.6. The molecule has 0 atom stereocenters. The van der Waals surface area contributed by atoms with Gasteiger partial charge >= 0.3 is 0 Å². The molecule has 0 spiro atoms. The standard InChI is InChI=1S/C11H16F2N2/c1-2-3-15-7-9-5-10(12)8(6-14)4-11(9)13/h4-5,15H,2-3,6-7,14H2,1H3. The van der Waals surface area contributed by atoms with E-state index in [4.69, 9.17) is 5.73 Å². The summed E-state index contributed by atoms with van der Waals surface area (Å²) in [7, 11) is 0. The topological polar surface area (TPSA) is 38.0 Å². The van der Waals surface area contributed by atoms with Gasteiger partial charge in [-0.2, -0.15) is 0 Å². The van der Waals surface area contributed by atoms with Crippen LogP contribution in [0.1, 0.15) is 24.5 Å². The molecule has 0 aliphatic carbocycles. The van der Waals surface area contributed by atoms with Crippen LogP contribution < -0.4 is 11.1 Å². The molecule has 0 fully saturated rings. The molecule has 4 heteroatoms. The summed E-state index contributed by atoms with van der Waals surface area (Å²) >= 11 is 0. The van der Waals surface area contributed by atoms with Gasteiger partial charge in [-0.25, -0.2) is 8.78 Å². The fraction of sp³-hybridized carbons (Fsp3) is 0.455. The molecule has 0 bridgehead atoms. The van der Waals surface area contributed by atoms with Crippen molar-refractivity contribution in [2.75, 3.05) is 6.54 Å². The minimum absolute atomic E-state index is 0.0193. The first-order valence-corrected chi connectivity index (χ1v) is 5.06. The van der Waals surface area contributed by atoms with Gasteiger partial charge in [0.05, 0.1) is 0 Å². The minimum Gasteiger partial charge on any atom is -0.326 e. The van der Waals surface area contributed by atoms with Crippen molar-refractivity contribution < 1.29 is 8.78 Å². The lowest BCUT2D eigenvalue weighted by atomic mass is 10.1. The maximum absolute atomic E-state index is 13.4. The summed E-state index contributed by atoms with van der Waals surface area (Å²) in [5.74, 6) is -0.840. The van der Waals surface area contributed by atoms with Crippen molar-refractivity contribution in [3.8, 4) is 0 Å². The van der Waals surface area contributed by atoms with Crippen LogP contribution in [0.2, 0.25) is 0 Å². The van der Waals surface area contributed by atoms with Crippen LogP contribution in [0.3, 0.4) is 0 Å². The largest absolute Gasteiger partial charge is 0.326 e. The molecule has 1 rings (SSSR count). The first-order chi connectivity index (χ1) is 7.19. The van der Waals surface area contributed by atoms with E-state index in [9.17, 15) is 8.78 Å². The lowest BCUT2D eigenvalue weighted by molar-refractivity contribution is 0.559. The average molecular weight is 214 g/mol. The predicted molar refractivity (Wildman–Crippen MR) is 56.2 cm³/mol. The van der Waals surface area contributed by atoms with Crippen LogP contribution in [0.5, 0.6) is 0 Å². The quantitative estimate of drug-likeness (QED) is 0.735. The highest BCUT2D eigenvalue weighted by Gasteiger charge is 2.08. The van der Waals surface area contributed by atoms with Crippen molar-refractivity contribution in [2.45, 2.75) is 26.4 Å². The van der Waals surface area contributed by atoms with Gasteiger partial charge in [0, 0.05) is 24.2 Å². The normalized spacial score (nSPS) is 10.7. The maximum atomic E-state index is 13.4. The molecule has 0 aliphatic heterocycles. The van der Waals surface area contributed by atoms with Crippen LogP contribution in [0, 0.1) is 11.6 Å². The first kappa shape index (κ1) is 12.1. The van der Waals surface area contributed by atoms with E-state index in [1.165, 1.54) is 6.07 Å². The van der Waals surface area contributed by atoms with Crippen LogP contribution in [-0.4, -0.2) is 6.54 Å². The molecule has 0 heterocycles. The number of rotatable bonds is 5. The van der Waals surface area contributed by atoms with Gasteiger partial charge in [0.2, 0.25) is 0 Å². The van der Waals surface area contributed by atoms with Crippen molar-refractivity contribution in [1.82, 2.24) is 5.32 Å². The van der Waals surface area contributed by atoms with E-state index in [-0.39, 0.29) is 12.1 Å². The van der Waals surface area contributed by atoms with Gasteiger partial charge in [0.15, 0.2) is 0 Å². The Hall–Kier alpha value is -1.00. The van der Waals surface area contributed by atoms with E-state index in [1.807, 2.05) is 6.92 Å². The molecule has 84 valence electrons. The highest BCUT2D eigenvalue weighted by molar-refractivity contribution is 5.26. The van der Waals surface area contributed by atoms with Crippen molar-refractivity contribution in [3.05, 3.63) is 34.9 Å². The van der Waals surface area contributed by atoms with Gasteiger partial charge in [-0.15, -0.1) is 0 Å². The molecule has 1 aromatic rings. The Balaban J connectivity index is 2.76. The number of nitrogens with two attached hydrogens (primary N) is 1. The second kappa shape index (κ2) is 5.78. The van der Waals surface area contributed by atoms with E-state index in [2.05, 4.69) is 5.32 Å². The summed E-state index contributed by atoms with van der Waals surface area (Å²) in [5.41, 5.74) is 5.83. The van der Waals surface area contributed by atoms with Crippen molar-refractivity contribution in [1.29, 1.82) is 0 Å². The van der Waals surface area contributed by atoms with E-state index in [0.717, 1.165) is 19.0 Å². The number of hydrogen-bond donors (Lipinski definition) is 2. The van der Waals surface area contributed by atoms with Gasteiger partial charge < -0.3 is 11.1 Å². The third-order valence-electron chi connectivity index (χ3n) is 2.18. The first-order valence-electron chi connectivity index (χ1n) is 5.06. The Morgan fingerprint density at radius 3 is 2.40 bits per heavy atom. The predicted octanol–water partition coefficient (Wildman–Crippen LogP) is 1.92. The molecule has 15 heavy (non-hydrogen) atoms. The van der Waals surface area contributed by atoms with Gasteiger partial charge in [-0.1, -0.05) is 6.92 Å². The average Bonchev–Trinajstić information content (AvgIpc) is 2.23. The zero-order valence-electron chi connectivity index (χ0n) is 8.82. The Morgan fingerprint density at radius 2 is 1.80 bits per heavy atom. The molecule has 3 N–H and O–H groups in total. The van der Waals surface area contributed by atoms with Crippen LogP contribution >= 0.6 is 0 Å². The molecular formula is C11H16F2N2. The molecule has 0 aromatic heterocycles. The SMILES string of the molecule is CCCNCc1cc(F)c(CN)cc1F. The van der Waals surface area contributed by atoms with E-state index in [1.54, 1.807) is 0 Å². The summed E-state index contributed by atoms with van der Waals surface area (Å²) in [6.07, 6.45) is 0.963. The summed E-state index contributed by atoms with van der Waals surface area (Å²) in [6, 6.07) is 2.37. The second-order valence-corrected chi connectivity index (χ2v) is 3.42. The molecule has 1 aromatic carbocycles. The van der Waals surface area contributed by atoms with Crippen molar-refractivity contribution in [3.63, 3.8) is 0 Å². The van der Waals surface area contributed by atoms with E-state index >= 15 is 0 Å². The number of nitrogens with one attached hydrogen (secondary N) is 1. The van der Waals surface area contributed by atoms with Crippen molar-refractivity contribution >= 4 is 0 Å². The molecule has 0 saturated heterocycles. The monoisotopic (exact) mass is 214 g/mol. The third-order valence-corrected chi connectivity index (χ3v) is 2.18. The molecule has 0 unspecified atom stereocenters. The Bertz CT molecular complexity index is 327. The highest BCUT2D eigenvalue weighted by atomic mass is 19.1. The van der Waals surface area contributed by atoms with Crippen LogP contribution in [-0.2, 0) is 13.1 Å². The van der Waals surface area contributed by atoms with Gasteiger partial charge in [0.1, 0.15) is 11.6 Å². The zero-order chi connectivity index (χ0) is 11.3. The number of benzene rings is 1. The Morgan fingerprint density at radius 1 is 1.20 bits per heavy atom. The highest BCUT2D eigenvalue weighted by Crippen LogP contribution is 2.14. The van der Waals surface area contributed by atoms with Gasteiger partial charge in [0.25, 0.3) is 0 Å². The smallest absolute Gasteiger partial charge is 0.128 e. The molecule has 0 aliphatic rings. The van der Waals surface area contributed by atoms with Crippen LogP contribution in [0.4, 0.5) is 8.78 Å². The van der Waals surface area contributed by atoms with Gasteiger partial charge in [-0.3, -0.25) is 0 Å². The fourth-order valence-corrected chi connectivity index (χ4v) is 1.32. The second-order valence-electron chi connectivity index (χ2n) is 3.42. The summed E-state index contributed by atoms with van der Waals surface area (Å²) in [4.78, 5) is 0. The van der Waals surface area contributed by atoms with Crippen LogP contribution in [0.25, 0.3) is 0 Å². The zero-order valence-corrected chi connectivity index (χ0v) is 8.82. The summed E-state index contributed by atoms with van der Waals surface area (Å²) in [6.45, 7) is 3.17. The molecule has 2 nitrogen and oxygen atoms in total.